The fourth-order valence-electron chi connectivity index (χ4n) is 2.07. The molecule has 19 heavy (non-hydrogen) atoms. The highest BCUT2D eigenvalue weighted by molar-refractivity contribution is 9.10. The predicted octanol–water partition coefficient (Wildman–Crippen LogP) is 4.86. The quantitative estimate of drug-likeness (QED) is 0.658. The lowest BCUT2D eigenvalue weighted by atomic mass is 10.2. The molecule has 0 aliphatic rings. The summed E-state index contributed by atoms with van der Waals surface area (Å²) in [7, 11) is 0. The van der Waals surface area contributed by atoms with Crippen LogP contribution in [-0.4, -0.2) is 9.55 Å². The molecule has 2 aromatic carbocycles. The molecule has 1 aromatic heterocycles. The smallest absolute Gasteiger partial charge is 0.266 e. The molecular formula is C14H9BrF2N2. The second kappa shape index (κ2) is 4.74. The van der Waals surface area contributed by atoms with Gasteiger partial charge in [-0.25, -0.2) is 4.98 Å². The largest absolute Gasteiger partial charge is 0.320 e. The molecule has 3 rings (SSSR count). The van der Waals surface area contributed by atoms with Gasteiger partial charge in [-0.05, 0) is 24.3 Å². The van der Waals surface area contributed by atoms with Gasteiger partial charge < -0.3 is 0 Å². The van der Waals surface area contributed by atoms with E-state index in [0.29, 0.717) is 16.6 Å². The fraction of sp³-hybridized carbons (Fsp3) is 0.0714. The maximum Gasteiger partial charge on any atom is 0.320 e. The zero-order chi connectivity index (χ0) is 13.4. The van der Waals surface area contributed by atoms with E-state index in [1.54, 1.807) is 42.5 Å². The third-order valence-corrected chi connectivity index (χ3v) is 3.37. The number of para-hydroxylation sites is 2. The number of fused-ring (bicyclic) bond motifs is 1. The van der Waals surface area contributed by atoms with Crippen LogP contribution in [0.4, 0.5) is 8.78 Å². The first kappa shape index (κ1) is 12.3. The first-order valence-electron chi connectivity index (χ1n) is 5.68. The minimum Gasteiger partial charge on any atom is -0.266 e. The van der Waals surface area contributed by atoms with E-state index in [9.17, 15) is 8.78 Å². The van der Waals surface area contributed by atoms with Gasteiger partial charge in [-0.2, -0.15) is 8.78 Å². The van der Waals surface area contributed by atoms with Crippen LogP contribution in [0.25, 0.3) is 22.4 Å². The average molecular weight is 323 g/mol. The van der Waals surface area contributed by atoms with Crippen molar-refractivity contribution >= 4 is 27.0 Å². The van der Waals surface area contributed by atoms with E-state index in [1.165, 1.54) is 0 Å². The van der Waals surface area contributed by atoms with Crippen molar-refractivity contribution in [3.8, 4) is 11.4 Å². The molecular weight excluding hydrogens is 314 g/mol. The van der Waals surface area contributed by atoms with E-state index in [2.05, 4.69) is 20.9 Å². The van der Waals surface area contributed by atoms with Gasteiger partial charge in [-0.1, -0.05) is 40.2 Å². The Labute approximate surface area is 116 Å². The normalized spacial score (nSPS) is 11.4. The van der Waals surface area contributed by atoms with Crippen LogP contribution in [0.3, 0.4) is 0 Å². The van der Waals surface area contributed by atoms with Crippen LogP contribution in [0, 0.1) is 0 Å². The zero-order valence-electron chi connectivity index (χ0n) is 9.72. The standard InChI is InChI=1S/C14H9BrF2N2/c15-10-5-3-4-9(8-10)13-18-11-6-1-2-7-12(11)19(13)14(16)17/h1-8,14H. The van der Waals surface area contributed by atoms with Crippen molar-refractivity contribution in [3.05, 3.63) is 53.0 Å². The van der Waals surface area contributed by atoms with Crippen molar-refractivity contribution < 1.29 is 8.78 Å². The Morgan fingerprint density at radius 3 is 2.58 bits per heavy atom. The summed E-state index contributed by atoms with van der Waals surface area (Å²) in [5.41, 5.74) is 1.66. The molecule has 0 atom stereocenters. The SMILES string of the molecule is FC(F)n1c(-c2cccc(Br)c2)nc2ccccc21. The van der Waals surface area contributed by atoms with Crippen LogP contribution < -0.4 is 0 Å². The van der Waals surface area contributed by atoms with Gasteiger partial charge in [-0.3, -0.25) is 4.57 Å². The molecule has 3 aromatic rings. The fourth-order valence-corrected chi connectivity index (χ4v) is 2.47. The number of hydrogen-bond donors (Lipinski definition) is 0. The maximum absolute atomic E-state index is 13.3. The van der Waals surface area contributed by atoms with Crippen molar-refractivity contribution in [3.63, 3.8) is 0 Å². The molecule has 5 heteroatoms. The maximum atomic E-state index is 13.3. The molecule has 0 aliphatic heterocycles. The highest BCUT2D eigenvalue weighted by atomic mass is 79.9. The second-order valence-corrected chi connectivity index (χ2v) is 5.00. The highest BCUT2D eigenvalue weighted by Crippen LogP contribution is 2.30. The van der Waals surface area contributed by atoms with Gasteiger partial charge in [0.1, 0.15) is 5.82 Å². The lowest BCUT2D eigenvalue weighted by molar-refractivity contribution is 0.0764. The Kier molecular flexibility index (Phi) is 3.06. The lowest BCUT2D eigenvalue weighted by Crippen LogP contribution is -2.00. The molecule has 0 aliphatic carbocycles. The minimum atomic E-state index is -2.62. The van der Waals surface area contributed by atoms with Crippen LogP contribution in [-0.2, 0) is 0 Å². The van der Waals surface area contributed by atoms with Gasteiger partial charge in [0.25, 0.3) is 0 Å². The summed E-state index contributed by atoms with van der Waals surface area (Å²) < 4.78 is 28.4. The third kappa shape index (κ3) is 2.14. The number of rotatable bonds is 2. The number of imidazole rings is 1. The highest BCUT2D eigenvalue weighted by Gasteiger charge is 2.18. The summed E-state index contributed by atoms with van der Waals surface area (Å²) in [4.78, 5) is 4.31. The molecule has 0 N–H and O–H groups in total. The summed E-state index contributed by atoms with van der Waals surface area (Å²) in [6.07, 6.45) is 0. The van der Waals surface area contributed by atoms with Crippen molar-refractivity contribution in [2.24, 2.45) is 0 Å². The molecule has 0 saturated heterocycles. The lowest BCUT2D eigenvalue weighted by Gasteiger charge is -2.07. The summed E-state index contributed by atoms with van der Waals surface area (Å²) >= 11 is 3.34. The molecule has 0 spiro atoms. The third-order valence-electron chi connectivity index (χ3n) is 2.87. The summed E-state index contributed by atoms with van der Waals surface area (Å²) in [6, 6.07) is 14.1. The minimum absolute atomic E-state index is 0.275. The molecule has 2 nitrogen and oxygen atoms in total. The van der Waals surface area contributed by atoms with E-state index in [4.69, 9.17) is 0 Å². The van der Waals surface area contributed by atoms with Crippen molar-refractivity contribution in [1.82, 2.24) is 9.55 Å². The summed E-state index contributed by atoms with van der Waals surface area (Å²) in [5, 5.41) is 0. The van der Waals surface area contributed by atoms with Crippen LogP contribution >= 0.6 is 15.9 Å². The van der Waals surface area contributed by atoms with Crippen molar-refractivity contribution in [1.29, 1.82) is 0 Å². The van der Waals surface area contributed by atoms with Crippen LogP contribution in [0.2, 0.25) is 0 Å². The Bertz CT molecular complexity index is 737. The van der Waals surface area contributed by atoms with Gasteiger partial charge in [0.2, 0.25) is 0 Å². The van der Waals surface area contributed by atoms with Gasteiger partial charge in [0.15, 0.2) is 0 Å². The van der Waals surface area contributed by atoms with Gasteiger partial charge in [0.05, 0.1) is 11.0 Å². The average Bonchev–Trinajstić information content (AvgIpc) is 2.78. The van der Waals surface area contributed by atoms with Crippen molar-refractivity contribution in [2.45, 2.75) is 6.55 Å². The number of benzene rings is 2. The monoisotopic (exact) mass is 322 g/mol. The zero-order valence-corrected chi connectivity index (χ0v) is 11.3. The van der Waals surface area contributed by atoms with Crippen LogP contribution in [0.15, 0.2) is 53.0 Å². The van der Waals surface area contributed by atoms with Gasteiger partial charge >= 0.3 is 6.55 Å². The van der Waals surface area contributed by atoms with E-state index >= 15 is 0 Å². The Morgan fingerprint density at radius 1 is 1.05 bits per heavy atom. The molecule has 0 saturated carbocycles. The first-order valence-corrected chi connectivity index (χ1v) is 6.47. The number of aromatic nitrogens is 2. The number of hydrogen-bond acceptors (Lipinski definition) is 1. The molecule has 96 valence electrons. The Morgan fingerprint density at radius 2 is 1.84 bits per heavy atom. The molecule has 0 radical (unpaired) electrons. The van der Waals surface area contributed by atoms with Gasteiger partial charge in [-0.15, -0.1) is 0 Å². The molecule has 0 bridgehead atoms. The van der Waals surface area contributed by atoms with Crippen LogP contribution in [0.5, 0.6) is 0 Å². The van der Waals surface area contributed by atoms with Crippen molar-refractivity contribution in [2.75, 3.05) is 0 Å². The Balaban J connectivity index is 2.31. The number of alkyl halides is 2. The summed E-state index contributed by atoms with van der Waals surface area (Å²) in [6.45, 7) is -2.62. The van der Waals surface area contributed by atoms with Gasteiger partial charge in [0, 0.05) is 10.0 Å². The topological polar surface area (TPSA) is 17.8 Å². The van der Waals surface area contributed by atoms with E-state index < -0.39 is 6.55 Å². The number of halogens is 3. The first-order chi connectivity index (χ1) is 9.16. The number of nitrogens with zero attached hydrogens (tertiary/aromatic N) is 2. The van der Waals surface area contributed by atoms with E-state index in [0.717, 1.165) is 9.04 Å². The van der Waals surface area contributed by atoms with E-state index in [1.807, 2.05) is 6.07 Å². The molecule has 1 heterocycles. The molecule has 0 amide bonds. The predicted molar refractivity (Wildman–Crippen MR) is 74.1 cm³/mol. The molecule has 0 unspecified atom stereocenters. The second-order valence-electron chi connectivity index (χ2n) is 4.08. The van der Waals surface area contributed by atoms with E-state index in [-0.39, 0.29) is 5.82 Å². The van der Waals surface area contributed by atoms with Crippen LogP contribution in [0.1, 0.15) is 6.55 Å². The Hall–Kier alpha value is -1.75. The summed E-state index contributed by atoms with van der Waals surface area (Å²) in [5.74, 6) is 0.275. The molecule has 0 fully saturated rings.